The van der Waals surface area contributed by atoms with Crippen LogP contribution < -0.4 is 5.32 Å². The largest absolute Gasteiger partial charge is 0.492 e. The van der Waals surface area contributed by atoms with Crippen LogP contribution in [0.25, 0.3) is 28.1 Å². The lowest BCUT2D eigenvalue weighted by Crippen LogP contribution is -2.41. The SMILES string of the molecule is CC1(C)OB(C(=Cc2ccc3[nH]nc(C(=O)O)c3c2)CNC(=O)OCC2c3ccccc3-c3ccccc32)OC1(C)C. The number of aromatic amines is 1. The van der Waals surface area contributed by atoms with E-state index in [9.17, 15) is 14.7 Å². The van der Waals surface area contributed by atoms with Crippen LogP contribution in [0.15, 0.2) is 72.2 Å². The fraction of sp³-hybridized carbons (Fsp3) is 0.281. The van der Waals surface area contributed by atoms with Crippen molar-refractivity contribution in [1.82, 2.24) is 15.5 Å². The Morgan fingerprint density at radius 3 is 2.24 bits per heavy atom. The number of carbonyl (C=O) groups excluding carboxylic acids is 1. The van der Waals surface area contributed by atoms with Gasteiger partial charge in [-0.15, -0.1) is 0 Å². The number of ether oxygens (including phenoxy) is 1. The topological polar surface area (TPSA) is 123 Å². The molecule has 0 atom stereocenters. The van der Waals surface area contributed by atoms with Gasteiger partial charge in [0.15, 0.2) is 5.69 Å². The standard InChI is InChI=1S/C32H32BN3O6/c1-31(2)32(3,4)42-33(41-31)20(15-19-13-14-27-25(16-19)28(29(37)38)36-35-27)17-34-30(39)40-18-26-23-11-7-5-9-21(23)22-10-6-8-12-24(22)26/h5-16,26H,17-18H2,1-4H3,(H,34,39)(H,35,36)(H,37,38). The first-order chi connectivity index (χ1) is 20.0. The van der Waals surface area contributed by atoms with E-state index in [1.807, 2.05) is 64.1 Å². The minimum absolute atomic E-state index is 0.0496. The maximum absolute atomic E-state index is 13.0. The van der Waals surface area contributed by atoms with Crippen LogP contribution in [-0.4, -0.2) is 58.8 Å². The quantitative estimate of drug-likeness (QED) is 0.242. The van der Waals surface area contributed by atoms with E-state index in [1.165, 1.54) is 0 Å². The highest BCUT2D eigenvalue weighted by molar-refractivity contribution is 6.56. The molecule has 214 valence electrons. The van der Waals surface area contributed by atoms with Crippen molar-refractivity contribution < 1.29 is 28.7 Å². The summed E-state index contributed by atoms with van der Waals surface area (Å²) >= 11 is 0. The molecule has 1 fully saturated rings. The first-order valence-electron chi connectivity index (χ1n) is 13.9. The van der Waals surface area contributed by atoms with Crippen molar-refractivity contribution >= 4 is 36.2 Å². The van der Waals surface area contributed by atoms with Gasteiger partial charge >= 0.3 is 19.2 Å². The summed E-state index contributed by atoms with van der Waals surface area (Å²) in [6.07, 6.45) is 1.28. The fourth-order valence-electron chi connectivity index (χ4n) is 5.52. The van der Waals surface area contributed by atoms with Gasteiger partial charge in [0.05, 0.1) is 16.7 Å². The lowest BCUT2D eigenvalue weighted by Gasteiger charge is -2.32. The van der Waals surface area contributed by atoms with Crippen molar-refractivity contribution in [3.05, 3.63) is 94.6 Å². The van der Waals surface area contributed by atoms with E-state index in [1.54, 1.807) is 12.1 Å². The molecule has 2 aliphatic rings. The number of nitrogens with zero attached hydrogens (tertiary/aromatic N) is 1. The van der Waals surface area contributed by atoms with Crippen LogP contribution in [-0.2, 0) is 14.0 Å². The van der Waals surface area contributed by atoms with Crippen molar-refractivity contribution in [3.8, 4) is 11.1 Å². The Bertz CT molecular complexity index is 1660. The molecule has 1 amide bonds. The third-order valence-corrected chi connectivity index (χ3v) is 8.48. The molecule has 0 radical (unpaired) electrons. The number of benzene rings is 3. The zero-order valence-electron chi connectivity index (χ0n) is 23.9. The van der Waals surface area contributed by atoms with Gasteiger partial charge in [0.2, 0.25) is 0 Å². The van der Waals surface area contributed by atoms with E-state index in [4.69, 9.17) is 14.0 Å². The molecular weight excluding hydrogens is 533 g/mol. The number of carboxylic acid groups (broad SMARTS) is 1. The Morgan fingerprint density at radius 2 is 1.62 bits per heavy atom. The average Bonchev–Trinajstić information content (AvgIpc) is 3.59. The van der Waals surface area contributed by atoms with Gasteiger partial charge in [0.25, 0.3) is 0 Å². The molecule has 0 saturated carbocycles. The molecule has 4 aromatic rings. The summed E-state index contributed by atoms with van der Waals surface area (Å²) in [6.45, 7) is 8.13. The molecule has 1 aliphatic carbocycles. The number of carboxylic acids is 1. The second kappa shape index (κ2) is 10.5. The molecule has 0 unspecified atom stereocenters. The highest BCUT2D eigenvalue weighted by Crippen LogP contribution is 2.44. The van der Waals surface area contributed by atoms with Crippen molar-refractivity contribution in [3.63, 3.8) is 0 Å². The van der Waals surface area contributed by atoms with Crippen LogP contribution in [0.4, 0.5) is 4.79 Å². The number of carbonyl (C=O) groups is 2. The third kappa shape index (κ3) is 4.97. The molecule has 0 spiro atoms. The van der Waals surface area contributed by atoms with Crippen molar-refractivity contribution in [2.45, 2.75) is 44.8 Å². The predicted molar refractivity (Wildman–Crippen MR) is 160 cm³/mol. The average molecular weight is 565 g/mol. The van der Waals surface area contributed by atoms with Crippen LogP contribution in [0, 0.1) is 0 Å². The molecule has 10 heteroatoms. The van der Waals surface area contributed by atoms with Gasteiger partial charge < -0.3 is 24.5 Å². The molecule has 0 bridgehead atoms. The molecule has 1 aliphatic heterocycles. The molecule has 1 aromatic heterocycles. The zero-order chi connectivity index (χ0) is 29.6. The lowest BCUT2D eigenvalue weighted by molar-refractivity contribution is 0.00578. The number of fused-ring (bicyclic) bond motifs is 4. The van der Waals surface area contributed by atoms with E-state index >= 15 is 0 Å². The van der Waals surface area contributed by atoms with Crippen LogP contribution >= 0.6 is 0 Å². The first kappa shape index (κ1) is 27.7. The van der Waals surface area contributed by atoms with Crippen molar-refractivity contribution in [2.75, 3.05) is 13.2 Å². The highest BCUT2D eigenvalue weighted by atomic mass is 16.7. The number of H-pyrrole nitrogens is 1. The molecule has 2 heterocycles. The second-order valence-corrected chi connectivity index (χ2v) is 11.7. The van der Waals surface area contributed by atoms with Gasteiger partial charge in [0.1, 0.15) is 6.61 Å². The molecular formula is C32H32BN3O6. The molecule has 3 aromatic carbocycles. The molecule has 3 N–H and O–H groups in total. The van der Waals surface area contributed by atoms with E-state index in [-0.39, 0.29) is 24.8 Å². The number of nitrogens with one attached hydrogen (secondary N) is 2. The Morgan fingerprint density at radius 1 is 1.00 bits per heavy atom. The Hall–Kier alpha value is -4.41. The monoisotopic (exact) mass is 565 g/mol. The summed E-state index contributed by atoms with van der Waals surface area (Å²) in [5.74, 6) is -1.17. The Balaban J connectivity index is 1.21. The predicted octanol–water partition coefficient (Wildman–Crippen LogP) is 5.81. The second-order valence-electron chi connectivity index (χ2n) is 11.7. The molecule has 42 heavy (non-hydrogen) atoms. The van der Waals surface area contributed by atoms with Crippen LogP contribution in [0.5, 0.6) is 0 Å². The Labute approximate surface area is 244 Å². The number of alkyl carbamates (subject to hydrolysis) is 1. The number of hydrogen-bond acceptors (Lipinski definition) is 6. The third-order valence-electron chi connectivity index (χ3n) is 8.48. The zero-order valence-corrected chi connectivity index (χ0v) is 23.9. The summed E-state index contributed by atoms with van der Waals surface area (Å²) in [6, 6.07) is 21.7. The summed E-state index contributed by atoms with van der Waals surface area (Å²) in [4.78, 5) is 24.6. The first-order valence-corrected chi connectivity index (χ1v) is 13.9. The van der Waals surface area contributed by atoms with Gasteiger partial charge in [-0.25, -0.2) is 9.59 Å². The Kier molecular flexibility index (Phi) is 6.91. The number of aromatic nitrogens is 2. The van der Waals surface area contributed by atoms with Gasteiger partial charge in [-0.05, 0) is 73.1 Å². The van der Waals surface area contributed by atoms with E-state index < -0.39 is 30.4 Å². The maximum Gasteiger partial charge on any atom is 0.492 e. The highest BCUT2D eigenvalue weighted by Gasteiger charge is 2.52. The summed E-state index contributed by atoms with van der Waals surface area (Å²) in [5.41, 5.74) is 5.33. The van der Waals surface area contributed by atoms with Gasteiger partial charge in [-0.3, -0.25) is 5.10 Å². The van der Waals surface area contributed by atoms with Crippen molar-refractivity contribution in [1.29, 1.82) is 0 Å². The van der Waals surface area contributed by atoms with E-state index in [2.05, 4.69) is 39.8 Å². The van der Waals surface area contributed by atoms with Crippen LogP contribution in [0.3, 0.4) is 0 Å². The van der Waals surface area contributed by atoms with Gasteiger partial charge in [0, 0.05) is 17.8 Å². The normalized spacial score (nSPS) is 17.2. The molecule has 6 rings (SSSR count). The minimum atomic E-state index is -1.12. The summed E-state index contributed by atoms with van der Waals surface area (Å²) in [5, 5.41) is 19.5. The van der Waals surface area contributed by atoms with Crippen LogP contribution in [0.2, 0.25) is 0 Å². The number of aromatic carboxylic acids is 1. The number of rotatable bonds is 7. The van der Waals surface area contributed by atoms with Crippen molar-refractivity contribution in [2.24, 2.45) is 0 Å². The van der Waals surface area contributed by atoms with Gasteiger partial charge in [-0.1, -0.05) is 60.7 Å². The van der Waals surface area contributed by atoms with Gasteiger partial charge in [-0.2, -0.15) is 5.10 Å². The molecule has 9 nitrogen and oxygen atoms in total. The number of hydrogen-bond donors (Lipinski definition) is 3. The lowest BCUT2D eigenvalue weighted by atomic mass is 9.77. The summed E-state index contributed by atoms with van der Waals surface area (Å²) < 4.78 is 18.3. The van der Waals surface area contributed by atoms with Crippen LogP contribution in [0.1, 0.15) is 60.8 Å². The summed E-state index contributed by atoms with van der Waals surface area (Å²) in [7, 11) is -0.733. The smallest absolute Gasteiger partial charge is 0.476 e. The van der Waals surface area contributed by atoms with E-state index in [0.717, 1.165) is 22.3 Å². The maximum atomic E-state index is 13.0. The minimum Gasteiger partial charge on any atom is -0.476 e. The number of amides is 1. The van der Waals surface area contributed by atoms with E-state index in [0.29, 0.717) is 21.9 Å². The fourth-order valence-corrected chi connectivity index (χ4v) is 5.52. The molecule has 1 saturated heterocycles.